The van der Waals surface area contributed by atoms with Crippen molar-refractivity contribution in [2.45, 2.75) is 39.5 Å². The molecule has 162 valence electrons. The van der Waals surface area contributed by atoms with Gasteiger partial charge in [-0.25, -0.2) is 0 Å². The zero-order chi connectivity index (χ0) is 21.8. The lowest BCUT2D eigenvalue weighted by atomic mass is 9.85. The maximum Gasteiger partial charge on any atom is 0.223 e. The minimum atomic E-state index is -0.314. The summed E-state index contributed by atoms with van der Waals surface area (Å²) in [4.78, 5) is 15.3. The number of carbonyl (C=O) groups is 1. The number of likely N-dealkylation sites (tertiary alicyclic amines) is 1. The summed E-state index contributed by atoms with van der Waals surface area (Å²) in [6, 6.07) is 11.4. The molecule has 5 heteroatoms. The first-order chi connectivity index (χ1) is 14.3. The van der Waals surface area contributed by atoms with Gasteiger partial charge in [0.1, 0.15) is 17.2 Å². The van der Waals surface area contributed by atoms with Gasteiger partial charge < -0.3 is 19.5 Å². The highest BCUT2D eigenvalue weighted by Crippen LogP contribution is 2.43. The summed E-state index contributed by atoms with van der Waals surface area (Å²) in [5.74, 6) is 1.90. The van der Waals surface area contributed by atoms with Crippen LogP contribution < -0.4 is 9.47 Å². The Hall–Kier alpha value is -2.69. The second-order valence-corrected chi connectivity index (χ2v) is 8.68. The fourth-order valence-corrected chi connectivity index (χ4v) is 4.67. The molecule has 0 aromatic heterocycles. The molecule has 1 fully saturated rings. The lowest BCUT2D eigenvalue weighted by Crippen LogP contribution is -2.43. The number of aromatic hydroxyl groups is 1. The van der Waals surface area contributed by atoms with Gasteiger partial charge in [-0.2, -0.15) is 0 Å². The van der Waals surface area contributed by atoms with E-state index >= 15 is 0 Å². The number of aryl methyl sites for hydroxylation is 1. The molecule has 1 aliphatic heterocycles. The van der Waals surface area contributed by atoms with Crippen molar-refractivity contribution in [3.63, 3.8) is 0 Å². The number of methoxy groups -OCH3 is 2. The van der Waals surface area contributed by atoms with Crippen molar-refractivity contribution in [1.29, 1.82) is 0 Å². The smallest absolute Gasteiger partial charge is 0.223 e. The van der Waals surface area contributed by atoms with Crippen LogP contribution in [0.15, 0.2) is 36.4 Å². The van der Waals surface area contributed by atoms with Gasteiger partial charge in [0.05, 0.1) is 14.2 Å². The largest absolute Gasteiger partial charge is 0.507 e. The molecule has 2 aromatic rings. The Morgan fingerprint density at radius 1 is 1.13 bits per heavy atom. The molecule has 0 radical (unpaired) electrons. The Balaban J connectivity index is 2.01. The van der Waals surface area contributed by atoms with Crippen LogP contribution >= 0.6 is 0 Å². The van der Waals surface area contributed by atoms with Crippen LogP contribution in [0.1, 0.15) is 49.3 Å². The van der Waals surface area contributed by atoms with Crippen molar-refractivity contribution in [2.24, 2.45) is 11.8 Å². The second-order valence-electron chi connectivity index (χ2n) is 8.68. The first-order valence-electron chi connectivity index (χ1n) is 10.6. The van der Waals surface area contributed by atoms with Crippen LogP contribution in [0.5, 0.6) is 17.2 Å². The quantitative estimate of drug-likeness (QED) is 0.746. The van der Waals surface area contributed by atoms with Gasteiger partial charge in [0.25, 0.3) is 0 Å². The van der Waals surface area contributed by atoms with E-state index in [0.717, 1.165) is 30.6 Å². The highest BCUT2D eigenvalue weighted by molar-refractivity contribution is 5.78. The number of carbonyl (C=O) groups excluding carboxylic acids is 1. The highest BCUT2D eigenvalue weighted by Gasteiger charge is 2.30. The van der Waals surface area contributed by atoms with E-state index in [1.807, 2.05) is 30.0 Å². The summed E-state index contributed by atoms with van der Waals surface area (Å²) in [7, 11) is 3.12. The first kappa shape index (κ1) is 22.0. The second kappa shape index (κ2) is 9.41. The van der Waals surface area contributed by atoms with E-state index in [4.69, 9.17) is 9.47 Å². The van der Waals surface area contributed by atoms with Crippen LogP contribution in [0.25, 0.3) is 0 Å². The van der Waals surface area contributed by atoms with Gasteiger partial charge in [-0.05, 0) is 30.7 Å². The van der Waals surface area contributed by atoms with Crippen molar-refractivity contribution in [3.8, 4) is 17.2 Å². The Morgan fingerprint density at radius 2 is 1.83 bits per heavy atom. The summed E-state index contributed by atoms with van der Waals surface area (Å²) in [6.07, 6.45) is 1.43. The molecule has 30 heavy (non-hydrogen) atoms. The first-order valence-corrected chi connectivity index (χ1v) is 10.6. The van der Waals surface area contributed by atoms with Crippen molar-refractivity contribution in [1.82, 2.24) is 4.90 Å². The summed E-state index contributed by atoms with van der Waals surface area (Å²) < 4.78 is 10.9. The number of nitrogens with zero attached hydrogens (tertiary/aromatic N) is 1. The normalized spacial score (nSPS) is 20.0. The lowest BCUT2D eigenvalue weighted by molar-refractivity contribution is -0.134. The number of phenols is 1. The topological polar surface area (TPSA) is 59.0 Å². The number of phenolic OH excluding ortho intramolecular Hbond substituents is 1. The highest BCUT2D eigenvalue weighted by atomic mass is 16.5. The molecule has 1 aliphatic rings. The third-order valence-electron chi connectivity index (χ3n) is 5.94. The minimum Gasteiger partial charge on any atom is -0.507 e. The lowest BCUT2D eigenvalue weighted by Gasteiger charge is -2.36. The predicted octanol–water partition coefficient (Wildman–Crippen LogP) is 4.74. The van der Waals surface area contributed by atoms with Crippen LogP contribution in [0, 0.1) is 18.8 Å². The molecular weight excluding hydrogens is 378 g/mol. The maximum absolute atomic E-state index is 13.3. The van der Waals surface area contributed by atoms with Crippen molar-refractivity contribution in [3.05, 3.63) is 53.1 Å². The van der Waals surface area contributed by atoms with E-state index in [2.05, 4.69) is 19.9 Å². The summed E-state index contributed by atoms with van der Waals surface area (Å²) in [6.45, 7) is 8.00. The van der Waals surface area contributed by atoms with Gasteiger partial charge in [0.2, 0.25) is 5.91 Å². The number of amides is 1. The number of ether oxygens (including phenoxy) is 2. The average Bonchev–Trinajstić information content (AvgIpc) is 2.70. The van der Waals surface area contributed by atoms with E-state index in [9.17, 15) is 9.90 Å². The Labute approximate surface area is 179 Å². The van der Waals surface area contributed by atoms with Crippen molar-refractivity contribution >= 4 is 5.91 Å². The number of hydrogen-bond acceptors (Lipinski definition) is 4. The summed E-state index contributed by atoms with van der Waals surface area (Å²) >= 11 is 0. The Kier molecular flexibility index (Phi) is 6.91. The van der Waals surface area contributed by atoms with Crippen LogP contribution in [0.3, 0.4) is 0 Å². The molecule has 1 heterocycles. The number of hydrogen-bond donors (Lipinski definition) is 1. The molecule has 3 unspecified atom stereocenters. The molecule has 0 saturated carbocycles. The molecule has 0 spiro atoms. The number of rotatable bonds is 6. The van der Waals surface area contributed by atoms with Gasteiger partial charge in [-0.1, -0.05) is 43.7 Å². The Morgan fingerprint density at radius 3 is 2.43 bits per heavy atom. The summed E-state index contributed by atoms with van der Waals surface area (Å²) in [5, 5.41) is 10.9. The predicted molar refractivity (Wildman–Crippen MR) is 118 cm³/mol. The molecule has 1 N–H and O–H groups in total. The molecule has 3 atom stereocenters. The number of piperidine rings is 1. The monoisotopic (exact) mass is 411 g/mol. The Bertz CT molecular complexity index is 885. The fraction of sp³-hybridized carbons (Fsp3) is 0.480. The molecule has 5 nitrogen and oxygen atoms in total. The van der Waals surface area contributed by atoms with E-state index in [1.165, 1.54) is 0 Å². The number of benzene rings is 2. The average molecular weight is 412 g/mol. The van der Waals surface area contributed by atoms with Crippen LogP contribution in [-0.4, -0.2) is 43.2 Å². The van der Waals surface area contributed by atoms with Gasteiger partial charge in [-0.15, -0.1) is 0 Å². The van der Waals surface area contributed by atoms with Gasteiger partial charge in [0.15, 0.2) is 0 Å². The molecule has 0 bridgehead atoms. The molecule has 1 amide bonds. The maximum atomic E-state index is 13.3. The van der Waals surface area contributed by atoms with E-state index in [-0.39, 0.29) is 24.0 Å². The van der Waals surface area contributed by atoms with E-state index < -0.39 is 0 Å². The minimum absolute atomic E-state index is 0.0749. The zero-order valence-electron chi connectivity index (χ0n) is 18.6. The molecule has 3 rings (SSSR count). The van der Waals surface area contributed by atoms with Crippen molar-refractivity contribution in [2.75, 3.05) is 27.3 Å². The SMILES string of the molecule is COc1cc(O)c(C(CC(=O)N2CC(C)CC(C)C2)c2cccc(C)c2)c(OC)c1. The fourth-order valence-electron chi connectivity index (χ4n) is 4.67. The summed E-state index contributed by atoms with van der Waals surface area (Å²) in [5.41, 5.74) is 2.72. The van der Waals surface area contributed by atoms with Crippen LogP contribution in [0.4, 0.5) is 0 Å². The van der Waals surface area contributed by atoms with Crippen LogP contribution in [0.2, 0.25) is 0 Å². The van der Waals surface area contributed by atoms with Gasteiger partial charge in [-0.3, -0.25) is 4.79 Å². The van der Waals surface area contributed by atoms with Crippen molar-refractivity contribution < 1.29 is 19.4 Å². The third-order valence-corrected chi connectivity index (χ3v) is 5.94. The zero-order valence-corrected chi connectivity index (χ0v) is 18.6. The van der Waals surface area contributed by atoms with Gasteiger partial charge >= 0.3 is 0 Å². The van der Waals surface area contributed by atoms with Crippen LogP contribution in [-0.2, 0) is 4.79 Å². The standard InChI is InChI=1S/C25H33NO4/c1-16-7-6-8-19(10-16)21(13-24(28)26-14-17(2)9-18(3)15-26)25-22(27)11-20(29-4)12-23(25)30-5/h6-8,10-12,17-18,21,27H,9,13-15H2,1-5H3. The molecule has 2 aromatic carbocycles. The van der Waals surface area contributed by atoms with Gasteiger partial charge in [0, 0.05) is 43.1 Å². The third kappa shape index (κ3) is 4.89. The molecule has 0 aliphatic carbocycles. The van der Waals surface area contributed by atoms with E-state index in [1.54, 1.807) is 26.4 Å². The molecule has 1 saturated heterocycles. The van der Waals surface area contributed by atoms with E-state index in [0.29, 0.717) is 28.9 Å². The molecular formula is C25H33NO4.